The molecule has 1 aromatic heterocycles. The smallest absolute Gasteiger partial charge is 0.138 e. The molecular weight excluding hydrogens is 277 g/mol. The van der Waals surface area contributed by atoms with E-state index in [1.807, 2.05) is 24.3 Å². The molecule has 78 valence electrons. The quantitative estimate of drug-likeness (QED) is 0.892. The van der Waals surface area contributed by atoms with Crippen LogP contribution in [0.3, 0.4) is 0 Å². The third-order valence-electron chi connectivity index (χ3n) is 2.03. The van der Waals surface area contributed by atoms with E-state index in [0.29, 0.717) is 11.6 Å². The summed E-state index contributed by atoms with van der Waals surface area (Å²) in [5, 5.41) is 0.689. The molecule has 3 nitrogen and oxygen atoms in total. The number of hydrogen-bond donors (Lipinski definition) is 2. The van der Waals surface area contributed by atoms with E-state index < -0.39 is 0 Å². The molecule has 2 rings (SSSR count). The second-order valence-corrected chi connectivity index (χ2v) is 4.26. The molecule has 15 heavy (non-hydrogen) atoms. The Morgan fingerprint density at radius 1 is 1.47 bits per heavy atom. The van der Waals surface area contributed by atoms with Crippen molar-refractivity contribution in [1.29, 1.82) is 0 Å². The van der Waals surface area contributed by atoms with Crippen LogP contribution in [0, 0.1) is 0 Å². The highest BCUT2D eigenvalue weighted by molar-refractivity contribution is 9.10. The van der Waals surface area contributed by atoms with Crippen molar-refractivity contribution in [3.63, 3.8) is 0 Å². The van der Waals surface area contributed by atoms with E-state index in [-0.39, 0.29) is 0 Å². The number of aromatic amines is 1. The van der Waals surface area contributed by atoms with Crippen LogP contribution < -0.4 is 5.73 Å². The van der Waals surface area contributed by atoms with Gasteiger partial charge >= 0.3 is 0 Å². The summed E-state index contributed by atoms with van der Waals surface area (Å²) >= 11 is 9.23. The highest BCUT2D eigenvalue weighted by Gasteiger charge is 2.07. The molecule has 0 bridgehead atoms. The van der Waals surface area contributed by atoms with Crippen molar-refractivity contribution in [1.82, 2.24) is 9.97 Å². The van der Waals surface area contributed by atoms with Crippen LogP contribution in [0.15, 0.2) is 28.9 Å². The molecule has 0 atom stereocenters. The van der Waals surface area contributed by atoms with Gasteiger partial charge in [-0.1, -0.05) is 23.7 Å². The molecule has 0 unspecified atom stereocenters. The molecule has 0 amide bonds. The Labute approximate surface area is 101 Å². The maximum atomic E-state index is 5.90. The van der Waals surface area contributed by atoms with Crippen LogP contribution >= 0.6 is 27.5 Å². The van der Waals surface area contributed by atoms with Crippen LogP contribution in [-0.2, 0) is 6.54 Å². The molecule has 3 N–H and O–H groups in total. The van der Waals surface area contributed by atoms with Crippen molar-refractivity contribution >= 4 is 27.5 Å². The van der Waals surface area contributed by atoms with Gasteiger partial charge in [-0.25, -0.2) is 4.98 Å². The van der Waals surface area contributed by atoms with Crippen molar-refractivity contribution < 1.29 is 0 Å². The van der Waals surface area contributed by atoms with Crippen molar-refractivity contribution in [3.8, 4) is 11.4 Å². The zero-order valence-corrected chi connectivity index (χ0v) is 10.1. The Morgan fingerprint density at radius 3 is 2.87 bits per heavy atom. The van der Waals surface area contributed by atoms with Crippen LogP contribution in [0.25, 0.3) is 11.4 Å². The summed E-state index contributed by atoms with van der Waals surface area (Å²) in [7, 11) is 0. The van der Waals surface area contributed by atoms with Crippen LogP contribution in [-0.4, -0.2) is 9.97 Å². The van der Waals surface area contributed by atoms with E-state index in [9.17, 15) is 0 Å². The molecule has 1 aromatic carbocycles. The average Bonchev–Trinajstić information content (AvgIpc) is 2.60. The zero-order valence-electron chi connectivity index (χ0n) is 7.80. The summed E-state index contributed by atoms with van der Waals surface area (Å²) in [4.78, 5) is 7.45. The number of aromatic nitrogens is 2. The van der Waals surface area contributed by atoms with E-state index >= 15 is 0 Å². The second kappa shape index (κ2) is 4.35. The molecule has 0 aliphatic heterocycles. The second-order valence-electron chi connectivity index (χ2n) is 3.07. The summed E-state index contributed by atoms with van der Waals surface area (Å²) in [6.07, 6.45) is 0. The number of hydrogen-bond acceptors (Lipinski definition) is 2. The number of imidazole rings is 1. The largest absolute Gasteiger partial charge is 0.340 e. The third kappa shape index (κ3) is 2.22. The molecule has 0 radical (unpaired) electrons. The lowest BCUT2D eigenvalue weighted by atomic mass is 10.2. The van der Waals surface area contributed by atoms with Gasteiger partial charge in [-0.05, 0) is 28.1 Å². The SMILES string of the molecule is NCc1[nH]c(-c2cccc(Cl)c2)nc1Br. The van der Waals surface area contributed by atoms with E-state index in [4.69, 9.17) is 17.3 Å². The van der Waals surface area contributed by atoms with Crippen molar-refractivity contribution in [2.24, 2.45) is 5.73 Å². The number of halogens is 2. The molecule has 0 aliphatic carbocycles. The number of rotatable bonds is 2. The number of nitrogens with two attached hydrogens (primary N) is 1. The first kappa shape index (κ1) is 10.7. The standard InChI is InChI=1S/C10H9BrClN3/c11-9-8(5-13)14-10(15-9)6-2-1-3-7(12)4-6/h1-4H,5,13H2,(H,14,15). The maximum Gasteiger partial charge on any atom is 0.138 e. The van der Waals surface area contributed by atoms with Crippen molar-refractivity contribution in [3.05, 3.63) is 39.6 Å². The molecule has 0 spiro atoms. The first-order valence-electron chi connectivity index (χ1n) is 4.41. The molecule has 0 saturated carbocycles. The summed E-state index contributed by atoms with van der Waals surface area (Å²) in [5.41, 5.74) is 7.37. The molecule has 2 aromatic rings. The van der Waals surface area contributed by atoms with Gasteiger partial charge in [0.15, 0.2) is 0 Å². The number of nitrogens with one attached hydrogen (secondary N) is 1. The number of benzene rings is 1. The van der Waals surface area contributed by atoms with E-state index in [2.05, 4.69) is 25.9 Å². The normalized spacial score (nSPS) is 10.6. The van der Waals surface area contributed by atoms with E-state index in [1.165, 1.54) is 0 Å². The van der Waals surface area contributed by atoms with Gasteiger partial charge in [0.1, 0.15) is 10.4 Å². The zero-order chi connectivity index (χ0) is 10.8. The lowest BCUT2D eigenvalue weighted by Crippen LogP contribution is -1.96. The fraction of sp³-hybridized carbons (Fsp3) is 0.100. The fourth-order valence-electron chi connectivity index (χ4n) is 1.30. The summed E-state index contributed by atoms with van der Waals surface area (Å²) in [6, 6.07) is 7.51. The van der Waals surface area contributed by atoms with Gasteiger partial charge < -0.3 is 10.7 Å². The predicted octanol–water partition coefficient (Wildman–Crippen LogP) is 2.95. The van der Waals surface area contributed by atoms with Gasteiger partial charge in [0.05, 0.1) is 5.69 Å². The average molecular weight is 287 g/mol. The first-order chi connectivity index (χ1) is 7.20. The minimum Gasteiger partial charge on any atom is -0.340 e. The summed E-state index contributed by atoms with van der Waals surface area (Å²) in [5.74, 6) is 0.768. The fourth-order valence-corrected chi connectivity index (χ4v) is 1.92. The first-order valence-corrected chi connectivity index (χ1v) is 5.58. The van der Waals surface area contributed by atoms with E-state index in [1.54, 1.807) is 0 Å². The Bertz CT molecular complexity index is 481. The van der Waals surface area contributed by atoms with Crippen LogP contribution in [0.5, 0.6) is 0 Å². The molecule has 1 heterocycles. The van der Waals surface area contributed by atoms with Gasteiger partial charge in [0, 0.05) is 17.1 Å². The minimum atomic E-state index is 0.425. The molecular formula is C10H9BrClN3. The monoisotopic (exact) mass is 285 g/mol. The molecule has 5 heteroatoms. The summed E-state index contributed by atoms with van der Waals surface area (Å²) in [6.45, 7) is 0.425. The minimum absolute atomic E-state index is 0.425. The van der Waals surface area contributed by atoms with Gasteiger partial charge in [-0.15, -0.1) is 0 Å². The topological polar surface area (TPSA) is 54.7 Å². The van der Waals surface area contributed by atoms with Crippen LogP contribution in [0.1, 0.15) is 5.69 Å². The van der Waals surface area contributed by atoms with Crippen molar-refractivity contribution in [2.45, 2.75) is 6.54 Å². The van der Waals surface area contributed by atoms with Crippen LogP contribution in [0.4, 0.5) is 0 Å². The van der Waals surface area contributed by atoms with Gasteiger partial charge in [-0.3, -0.25) is 0 Å². The number of nitrogens with zero attached hydrogens (tertiary/aromatic N) is 1. The molecule has 0 fully saturated rings. The highest BCUT2D eigenvalue weighted by Crippen LogP contribution is 2.23. The summed E-state index contributed by atoms with van der Waals surface area (Å²) < 4.78 is 0.750. The lowest BCUT2D eigenvalue weighted by Gasteiger charge is -1.96. The van der Waals surface area contributed by atoms with Crippen molar-refractivity contribution in [2.75, 3.05) is 0 Å². The Kier molecular flexibility index (Phi) is 3.09. The Morgan fingerprint density at radius 2 is 2.27 bits per heavy atom. The molecule has 0 saturated heterocycles. The predicted molar refractivity (Wildman–Crippen MR) is 64.6 cm³/mol. The lowest BCUT2D eigenvalue weighted by molar-refractivity contribution is 1.00. The number of H-pyrrole nitrogens is 1. The maximum absolute atomic E-state index is 5.90. The highest BCUT2D eigenvalue weighted by atomic mass is 79.9. The molecule has 0 aliphatic rings. The van der Waals surface area contributed by atoms with Crippen LogP contribution in [0.2, 0.25) is 5.02 Å². The Balaban J connectivity index is 2.45. The Hall–Kier alpha value is -0.840. The van der Waals surface area contributed by atoms with Gasteiger partial charge in [0.25, 0.3) is 0 Å². The third-order valence-corrected chi connectivity index (χ3v) is 2.92. The van der Waals surface area contributed by atoms with Gasteiger partial charge in [0.2, 0.25) is 0 Å². The van der Waals surface area contributed by atoms with E-state index in [0.717, 1.165) is 21.7 Å². The van der Waals surface area contributed by atoms with Gasteiger partial charge in [-0.2, -0.15) is 0 Å².